The highest BCUT2D eigenvalue weighted by molar-refractivity contribution is 4.69. The first-order valence-corrected chi connectivity index (χ1v) is 11.0. The van der Waals surface area contributed by atoms with Crippen molar-refractivity contribution in [1.82, 2.24) is 4.90 Å². The summed E-state index contributed by atoms with van der Waals surface area (Å²) in [5, 5.41) is 0. The second-order valence-corrected chi connectivity index (χ2v) is 8.18. The van der Waals surface area contributed by atoms with E-state index in [-0.39, 0.29) is 12.4 Å². The molecule has 0 aromatic rings. The van der Waals surface area contributed by atoms with Crippen molar-refractivity contribution in [2.45, 2.75) is 122 Å². The fraction of sp³-hybridized carbons (Fsp3) is 1.00. The van der Waals surface area contributed by atoms with Crippen molar-refractivity contribution < 1.29 is 17.1 Å². The Balaban J connectivity index is 0.00000576. The van der Waals surface area contributed by atoms with Gasteiger partial charge in [-0.25, -0.2) is 0 Å². The molecule has 0 amide bonds. The predicted molar refractivity (Wildman–Crippen MR) is 107 cm³/mol. The molecule has 1 aliphatic carbocycles. The monoisotopic (exact) mass is 374 g/mol. The summed E-state index contributed by atoms with van der Waals surface area (Å²) in [4.78, 5) is 2.38. The molecule has 0 aromatic carbocycles. The van der Waals surface area contributed by atoms with Gasteiger partial charge in [0.15, 0.2) is 0 Å². The molecule has 0 N–H and O–H groups in total. The van der Waals surface area contributed by atoms with Crippen LogP contribution in [0, 0.1) is 0 Å². The first kappa shape index (κ1) is 25.2. The van der Waals surface area contributed by atoms with Crippen molar-refractivity contribution in [1.29, 1.82) is 0 Å². The summed E-state index contributed by atoms with van der Waals surface area (Å²) in [6, 6.07) is 0.609. The maximum Gasteiger partial charge on any atom is 0.0625 e. The molecule has 2 nitrogen and oxygen atoms in total. The summed E-state index contributed by atoms with van der Waals surface area (Å²) < 4.78 is 6.28. The van der Waals surface area contributed by atoms with Crippen molar-refractivity contribution in [3.05, 3.63) is 0 Å². The molecule has 0 aliphatic heterocycles. The third-order valence-corrected chi connectivity index (χ3v) is 5.70. The molecule has 0 spiro atoms. The number of unbranched alkanes of at least 4 members (excludes halogenated alkanes) is 8. The first-order chi connectivity index (χ1) is 11.7. The van der Waals surface area contributed by atoms with E-state index in [2.05, 4.69) is 25.9 Å². The Morgan fingerprint density at radius 3 is 1.84 bits per heavy atom. The lowest BCUT2D eigenvalue weighted by Gasteiger charge is -2.26. The number of halogens is 1. The minimum Gasteiger partial charge on any atom is -1.00 e. The van der Waals surface area contributed by atoms with Crippen LogP contribution in [-0.2, 0) is 4.74 Å². The highest BCUT2D eigenvalue weighted by Crippen LogP contribution is 2.21. The van der Waals surface area contributed by atoms with Gasteiger partial charge in [-0.15, -0.1) is 0 Å². The van der Waals surface area contributed by atoms with E-state index in [4.69, 9.17) is 4.74 Å². The van der Waals surface area contributed by atoms with Crippen molar-refractivity contribution in [3.63, 3.8) is 0 Å². The standard InChI is InChI=1S/C22H45NO.ClH/c1-4-5-6-7-8-9-10-11-14-17-21(23(2)3)20-24-22-18-15-12-13-16-19-22;/h21-22H,4-20H2,1-3H3;1H/p-1. The van der Waals surface area contributed by atoms with Gasteiger partial charge in [-0.05, 0) is 33.4 Å². The molecule has 1 rings (SSSR count). The molecule has 1 aliphatic rings. The number of nitrogens with zero attached hydrogens (tertiary/aromatic N) is 1. The Hall–Kier alpha value is 0.210. The van der Waals surface area contributed by atoms with Gasteiger partial charge in [0.25, 0.3) is 0 Å². The normalized spacial score (nSPS) is 17.3. The van der Waals surface area contributed by atoms with Crippen LogP contribution in [-0.4, -0.2) is 37.7 Å². The Morgan fingerprint density at radius 2 is 1.32 bits per heavy atom. The van der Waals surface area contributed by atoms with Crippen LogP contribution in [0.15, 0.2) is 0 Å². The lowest BCUT2D eigenvalue weighted by Crippen LogP contribution is -3.00. The van der Waals surface area contributed by atoms with E-state index < -0.39 is 0 Å². The molecule has 0 radical (unpaired) electrons. The fourth-order valence-corrected chi connectivity index (χ4v) is 3.84. The van der Waals surface area contributed by atoms with Gasteiger partial charge < -0.3 is 22.0 Å². The summed E-state index contributed by atoms with van der Waals surface area (Å²) in [6.07, 6.45) is 22.7. The van der Waals surface area contributed by atoms with E-state index in [9.17, 15) is 0 Å². The molecule has 1 saturated carbocycles. The number of likely N-dealkylation sites (N-methyl/N-ethyl adjacent to an activating group) is 1. The third-order valence-electron chi connectivity index (χ3n) is 5.70. The highest BCUT2D eigenvalue weighted by Gasteiger charge is 2.17. The van der Waals surface area contributed by atoms with Gasteiger partial charge in [-0.2, -0.15) is 0 Å². The van der Waals surface area contributed by atoms with Crippen LogP contribution in [0.1, 0.15) is 110 Å². The quantitative estimate of drug-likeness (QED) is 0.340. The van der Waals surface area contributed by atoms with Crippen molar-refractivity contribution in [3.8, 4) is 0 Å². The van der Waals surface area contributed by atoms with E-state index in [1.807, 2.05) is 0 Å². The smallest absolute Gasteiger partial charge is 0.0625 e. The molecule has 0 saturated heterocycles. The Morgan fingerprint density at radius 1 is 0.800 bits per heavy atom. The first-order valence-electron chi connectivity index (χ1n) is 11.0. The minimum absolute atomic E-state index is 0. The molecule has 3 heteroatoms. The number of ether oxygens (including phenoxy) is 1. The molecule has 1 atom stereocenters. The second-order valence-electron chi connectivity index (χ2n) is 8.18. The average molecular weight is 375 g/mol. The SMILES string of the molecule is CCCCCCCCCCCC(COC1CCCCCC1)N(C)C.[Cl-]. The summed E-state index contributed by atoms with van der Waals surface area (Å²) >= 11 is 0. The van der Waals surface area contributed by atoms with Crippen LogP contribution in [0.5, 0.6) is 0 Å². The lowest BCUT2D eigenvalue weighted by molar-refractivity contribution is -0.0000169. The van der Waals surface area contributed by atoms with E-state index in [1.165, 1.54) is 103 Å². The zero-order valence-electron chi connectivity index (χ0n) is 17.4. The number of hydrogen-bond donors (Lipinski definition) is 0. The topological polar surface area (TPSA) is 12.5 Å². The summed E-state index contributed by atoms with van der Waals surface area (Å²) in [5.41, 5.74) is 0. The van der Waals surface area contributed by atoms with Gasteiger partial charge >= 0.3 is 0 Å². The van der Waals surface area contributed by atoms with E-state index in [1.54, 1.807) is 0 Å². The van der Waals surface area contributed by atoms with Crippen molar-refractivity contribution >= 4 is 0 Å². The van der Waals surface area contributed by atoms with Gasteiger partial charge in [0.1, 0.15) is 0 Å². The van der Waals surface area contributed by atoms with Gasteiger partial charge in [0.05, 0.1) is 12.7 Å². The summed E-state index contributed by atoms with van der Waals surface area (Å²) in [7, 11) is 4.43. The molecule has 1 unspecified atom stereocenters. The average Bonchev–Trinajstić information content (AvgIpc) is 2.84. The van der Waals surface area contributed by atoms with Gasteiger partial charge in [-0.1, -0.05) is 90.4 Å². The largest absolute Gasteiger partial charge is 1.00 e. The molecule has 0 heterocycles. The van der Waals surface area contributed by atoms with Gasteiger partial charge in [-0.3, -0.25) is 0 Å². The van der Waals surface area contributed by atoms with Gasteiger partial charge in [0, 0.05) is 6.04 Å². The molecule has 1 fully saturated rings. The number of rotatable bonds is 14. The van der Waals surface area contributed by atoms with Crippen LogP contribution in [0.3, 0.4) is 0 Å². The van der Waals surface area contributed by atoms with Crippen LogP contribution in [0.25, 0.3) is 0 Å². The lowest BCUT2D eigenvalue weighted by atomic mass is 10.0. The second kappa shape index (κ2) is 17.6. The number of hydrogen-bond acceptors (Lipinski definition) is 2. The molecule has 152 valence electrons. The molecule has 25 heavy (non-hydrogen) atoms. The van der Waals surface area contributed by atoms with Crippen LogP contribution in [0.4, 0.5) is 0 Å². The summed E-state index contributed by atoms with van der Waals surface area (Å²) in [6.45, 7) is 3.23. The van der Waals surface area contributed by atoms with Gasteiger partial charge in [0.2, 0.25) is 0 Å². The Bertz CT molecular complexity index is 265. The highest BCUT2D eigenvalue weighted by atomic mass is 35.5. The van der Waals surface area contributed by atoms with E-state index >= 15 is 0 Å². The third kappa shape index (κ3) is 14.0. The maximum atomic E-state index is 6.28. The van der Waals surface area contributed by atoms with E-state index in [0.717, 1.165) is 6.61 Å². The fourth-order valence-electron chi connectivity index (χ4n) is 3.84. The van der Waals surface area contributed by atoms with Crippen LogP contribution in [0.2, 0.25) is 0 Å². The van der Waals surface area contributed by atoms with Crippen molar-refractivity contribution in [2.75, 3.05) is 20.7 Å². The zero-order valence-corrected chi connectivity index (χ0v) is 18.2. The molecular weight excluding hydrogens is 330 g/mol. The molecule has 0 aromatic heterocycles. The van der Waals surface area contributed by atoms with Crippen molar-refractivity contribution in [2.24, 2.45) is 0 Å². The summed E-state index contributed by atoms with van der Waals surface area (Å²) in [5.74, 6) is 0. The minimum atomic E-state index is 0. The maximum absolute atomic E-state index is 6.28. The molecular formula is C22H45ClNO-. The van der Waals surface area contributed by atoms with E-state index in [0.29, 0.717) is 12.1 Å². The Labute approximate surface area is 164 Å². The van der Waals surface area contributed by atoms with Crippen LogP contribution < -0.4 is 12.4 Å². The molecule has 0 bridgehead atoms. The predicted octanol–water partition coefficient (Wildman–Crippen LogP) is 3.58. The Kier molecular flexibility index (Phi) is 17.8. The zero-order chi connectivity index (χ0) is 17.5. The van der Waals surface area contributed by atoms with Crippen LogP contribution >= 0.6 is 0 Å².